The predicted octanol–water partition coefficient (Wildman–Crippen LogP) is 1.01. The molecule has 0 fully saturated rings. The second-order valence-electron chi connectivity index (χ2n) is 3.65. The Morgan fingerprint density at radius 3 is 2.95 bits per heavy atom. The Hall–Kier alpha value is -2.88. The quantitative estimate of drug-likeness (QED) is 0.790. The van der Waals surface area contributed by atoms with E-state index in [1.807, 2.05) is 24.3 Å². The average Bonchev–Trinajstić information content (AvgIpc) is 2.43. The largest absolute Gasteiger partial charge is 0.448 e. The summed E-state index contributed by atoms with van der Waals surface area (Å²) in [7, 11) is 0. The van der Waals surface area contributed by atoms with Gasteiger partial charge in [0.25, 0.3) is 0 Å². The first-order chi connectivity index (χ1) is 9.22. The highest BCUT2D eigenvalue weighted by Gasteiger charge is 2.09. The van der Waals surface area contributed by atoms with Crippen LogP contribution in [0, 0.1) is 11.3 Å². The summed E-state index contributed by atoms with van der Waals surface area (Å²) in [6, 6.07) is 9.28. The van der Waals surface area contributed by atoms with Crippen LogP contribution in [0.2, 0.25) is 0 Å². The van der Waals surface area contributed by atoms with E-state index in [4.69, 9.17) is 11.0 Å². The van der Waals surface area contributed by atoms with Crippen LogP contribution in [0.1, 0.15) is 5.69 Å². The Morgan fingerprint density at radius 2 is 2.21 bits per heavy atom. The lowest BCUT2D eigenvalue weighted by atomic mass is 10.1. The van der Waals surface area contributed by atoms with Gasteiger partial charge in [-0.25, -0.2) is 4.79 Å². The molecule has 0 aliphatic carbocycles. The lowest BCUT2D eigenvalue weighted by Gasteiger charge is -2.09. The van der Waals surface area contributed by atoms with Gasteiger partial charge in [-0.05, 0) is 6.07 Å². The number of carbonyl (C=O) groups is 1. The molecule has 0 aliphatic heterocycles. The molecule has 19 heavy (non-hydrogen) atoms. The van der Waals surface area contributed by atoms with Gasteiger partial charge in [0.1, 0.15) is 12.7 Å². The second-order valence-corrected chi connectivity index (χ2v) is 3.65. The summed E-state index contributed by atoms with van der Waals surface area (Å²) in [5, 5.41) is 20.6. The Morgan fingerprint density at radius 1 is 1.42 bits per heavy atom. The SMILES string of the molecule is N#Cc1nnc2ccccc2c1NCCOC(N)=O. The van der Waals surface area contributed by atoms with Crippen molar-refractivity contribution in [1.29, 1.82) is 5.26 Å². The second kappa shape index (κ2) is 5.64. The number of carbonyl (C=O) groups excluding carboxylic acids is 1. The molecule has 3 N–H and O–H groups in total. The third-order valence-electron chi connectivity index (χ3n) is 2.42. The fraction of sp³-hybridized carbons (Fsp3) is 0.167. The first-order valence-electron chi connectivity index (χ1n) is 5.54. The minimum Gasteiger partial charge on any atom is -0.448 e. The fourth-order valence-corrected chi connectivity index (χ4v) is 1.64. The van der Waals surface area contributed by atoms with Crippen LogP contribution in [0.5, 0.6) is 0 Å². The number of hydrogen-bond donors (Lipinski definition) is 2. The minimum atomic E-state index is -0.833. The zero-order chi connectivity index (χ0) is 13.7. The molecule has 1 amide bonds. The average molecular weight is 257 g/mol. The number of nitriles is 1. The molecule has 0 bridgehead atoms. The highest BCUT2D eigenvalue weighted by Crippen LogP contribution is 2.23. The summed E-state index contributed by atoms with van der Waals surface area (Å²) in [4.78, 5) is 10.4. The van der Waals surface area contributed by atoms with E-state index < -0.39 is 6.09 Å². The number of benzene rings is 1. The number of ether oxygens (including phenoxy) is 1. The number of amides is 1. The number of hydrogen-bond acceptors (Lipinski definition) is 6. The van der Waals surface area contributed by atoms with Gasteiger partial charge in [-0.2, -0.15) is 5.26 Å². The molecule has 0 spiro atoms. The molecule has 7 nitrogen and oxygen atoms in total. The van der Waals surface area contributed by atoms with Crippen molar-refractivity contribution in [3.8, 4) is 6.07 Å². The van der Waals surface area contributed by atoms with Gasteiger partial charge in [-0.3, -0.25) is 0 Å². The molecule has 0 saturated heterocycles. The van der Waals surface area contributed by atoms with Crippen molar-refractivity contribution in [3.05, 3.63) is 30.0 Å². The van der Waals surface area contributed by atoms with Gasteiger partial charge in [0, 0.05) is 11.9 Å². The topological polar surface area (TPSA) is 114 Å². The van der Waals surface area contributed by atoms with Gasteiger partial charge >= 0.3 is 6.09 Å². The third kappa shape index (κ3) is 2.87. The summed E-state index contributed by atoms with van der Waals surface area (Å²) in [6.45, 7) is 0.435. The molecule has 0 radical (unpaired) electrons. The van der Waals surface area contributed by atoms with Crippen LogP contribution in [0.15, 0.2) is 24.3 Å². The molecule has 1 heterocycles. The fourth-order valence-electron chi connectivity index (χ4n) is 1.64. The van der Waals surface area contributed by atoms with Crippen LogP contribution >= 0.6 is 0 Å². The van der Waals surface area contributed by atoms with Crippen molar-refractivity contribution in [2.45, 2.75) is 0 Å². The number of fused-ring (bicyclic) bond motifs is 1. The van der Waals surface area contributed by atoms with E-state index in [9.17, 15) is 4.79 Å². The summed E-state index contributed by atoms with van der Waals surface area (Å²) >= 11 is 0. The Kier molecular flexibility index (Phi) is 3.73. The smallest absolute Gasteiger partial charge is 0.404 e. The summed E-state index contributed by atoms with van der Waals surface area (Å²) in [6.07, 6.45) is -0.833. The van der Waals surface area contributed by atoms with Crippen LogP contribution in [0.3, 0.4) is 0 Å². The maximum Gasteiger partial charge on any atom is 0.404 e. The molecule has 2 aromatic rings. The van der Waals surface area contributed by atoms with Crippen LogP contribution in [-0.4, -0.2) is 29.4 Å². The Bertz CT molecular complexity index is 650. The number of nitrogens with two attached hydrogens (primary N) is 1. The zero-order valence-corrected chi connectivity index (χ0v) is 9.96. The van der Waals surface area contributed by atoms with Crippen LogP contribution < -0.4 is 11.1 Å². The van der Waals surface area contributed by atoms with E-state index in [0.717, 1.165) is 5.39 Å². The molecule has 0 atom stereocenters. The van der Waals surface area contributed by atoms with E-state index in [-0.39, 0.29) is 12.3 Å². The van der Waals surface area contributed by atoms with Gasteiger partial charge in [-0.15, -0.1) is 10.2 Å². The standard InChI is InChI=1S/C12H11N5O2/c13-7-10-11(15-5-6-19-12(14)18)8-3-1-2-4-9(8)16-17-10/h1-4H,5-6H2,(H2,14,18)(H,15,16). The summed E-state index contributed by atoms with van der Waals surface area (Å²) in [5.41, 5.74) is 6.30. The highest BCUT2D eigenvalue weighted by molar-refractivity contribution is 5.92. The lowest BCUT2D eigenvalue weighted by Crippen LogP contribution is -2.19. The first kappa shape index (κ1) is 12.6. The Balaban J connectivity index is 2.24. The minimum absolute atomic E-state index is 0.108. The maximum atomic E-state index is 10.4. The van der Waals surface area contributed by atoms with E-state index >= 15 is 0 Å². The summed E-state index contributed by atoms with van der Waals surface area (Å²) < 4.78 is 4.61. The van der Waals surface area contributed by atoms with Gasteiger partial charge in [-0.1, -0.05) is 18.2 Å². The third-order valence-corrected chi connectivity index (χ3v) is 2.42. The molecule has 1 aromatic heterocycles. The molecule has 96 valence electrons. The first-order valence-corrected chi connectivity index (χ1v) is 5.54. The molecular formula is C12H11N5O2. The lowest BCUT2D eigenvalue weighted by molar-refractivity contribution is 0.161. The molecule has 0 aliphatic rings. The van der Waals surface area contributed by atoms with Crippen molar-refractivity contribution in [2.75, 3.05) is 18.5 Å². The highest BCUT2D eigenvalue weighted by atomic mass is 16.5. The predicted molar refractivity (Wildman–Crippen MR) is 68.3 cm³/mol. The normalized spacial score (nSPS) is 9.84. The number of rotatable bonds is 4. The molecular weight excluding hydrogens is 246 g/mol. The van der Waals surface area contributed by atoms with E-state index in [2.05, 4.69) is 20.3 Å². The van der Waals surface area contributed by atoms with Gasteiger partial charge in [0.05, 0.1) is 11.2 Å². The van der Waals surface area contributed by atoms with Crippen molar-refractivity contribution in [1.82, 2.24) is 10.2 Å². The van der Waals surface area contributed by atoms with Gasteiger partial charge in [0.15, 0.2) is 5.69 Å². The molecule has 1 aromatic carbocycles. The van der Waals surface area contributed by atoms with Crippen molar-refractivity contribution >= 4 is 22.7 Å². The number of anilines is 1. The molecule has 0 unspecified atom stereocenters. The van der Waals surface area contributed by atoms with E-state index in [1.165, 1.54) is 0 Å². The van der Waals surface area contributed by atoms with E-state index in [0.29, 0.717) is 17.7 Å². The van der Waals surface area contributed by atoms with Gasteiger partial charge in [0.2, 0.25) is 0 Å². The van der Waals surface area contributed by atoms with Crippen molar-refractivity contribution < 1.29 is 9.53 Å². The van der Waals surface area contributed by atoms with E-state index in [1.54, 1.807) is 6.07 Å². The van der Waals surface area contributed by atoms with Crippen LogP contribution in [0.4, 0.5) is 10.5 Å². The van der Waals surface area contributed by atoms with Crippen LogP contribution in [-0.2, 0) is 4.74 Å². The van der Waals surface area contributed by atoms with Gasteiger partial charge < -0.3 is 15.8 Å². The monoisotopic (exact) mass is 257 g/mol. The van der Waals surface area contributed by atoms with Crippen molar-refractivity contribution in [3.63, 3.8) is 0 Å². The molecule has 7 heteroatoms. The van der Waals surface area contributed by atoms with Crippen LogP contribution in [0.25, 0.3) is 10.9 Å². The summed E-state index contributed by atoms with van der Waals surface area (Å²) in [5.74, 6) is 0. The molecule has 2 rings (SSSR count). The number of primary amides is 1. The molecule has 0 saturated carbocycles. The zero-order valence-electron chi connectivity index (χ0n) is 9.96. The van der Waals surface area contributed by atoms with Crippen molar-refractivity contribution in [2.24, 2.45) is 5.73 Å². The Labute approximate surface area is 109 Å². The maximum absolute atomic E-state index is 10.4. The number of nitrogens with one attached hydrogen (secondary N) is 1. The number of aromatic nitrogens is 2. The number of nitrogens with zero attached hydrogens (tertiary/aromatic N) is 3.